The second-order valence-electron chi connectivity index (χ2n) is 8.02. The molecule has 0 radical (unpaired) electrons. The molecule has 0 saturated carbocycles. The number of furan rings is 1. The number of nitrogens with zero attached hydrogens (tertiary/aromatic N) is 1. The minimum atomic E-state index is -4.59. The lowest BCUT2D eigenvalue weighted by Crippen LogP contribution is -2.34. The number of carbonyl (C=O) groups is 1. The summed E-state index contributed by atoms with van der Waals surface area (Å²) in [5, 5.41) is 1.81. The minimum absolute atomic E-state index is 0.0289. The molecule has 4 aromatic rings. The van der Waals surface area contributed by atoms with E-state index in [1.165, 1.54) is 6.07 Å². The zero-order valence-corrected chi connectivity index (χ0v) is 20.5. The van der Waals surface area contributed by atoms with Crippen LogP contribution in [0.2, 0.25) is 0 Å². The SMILES string of the molecule is CCOC(=O)C(c1cccc2ccccc12)N(Cc1ccc(Br)cc1)Cc1ccc(C(F)(F)F)o1. The summed E-state index contributed by atoms with van der Waals surface area (Å²) < 4.78 is 51.0. The minimum Gasteiger partial charge on any atom is -0.465 e. The summed E-state index contributed by atoms with van der Waals surface area (Å²) in [4.78, 5) is 15.1. The summed E-state index contributed by atoms with van der Waals surface area (Å²) in [6.45, 7) is 2.14. The standard InChI is InChI=1S/C27H23BrF3NO3/c1-2-34-26(33)25(23-9-5-7-19-6-3-4-8-22(19)23)32(16-18-10-12-20(28)13-11-18)17-21-14-15-24(35-21)27(29,30)31/h3-15,25H,2,16-17H2,1H3. The lowest BCUT2D eigenvalue weighted by molar-refractivity contribution is -0.155. The van der Waals surface area contributed by atoms with E-state index in [-0.39, 0.29) is 25.5 Å². The zero-order valence-electron chi connectivity index (χ0n) is 18.9. The molecule has 0 amide bonds. The number of hydrogen-bond acceptors (Lipinski definition) is 4. The first-order valence-electron chi connectivity index (χ1n) is 11.0. The first-order chi connectivity index (χ1) is 16.8. The van der Waals surface area contributed by atoms with E-state index in [0.717, 1.165) is 26.9 Å². The Morgan fingerprint density at radius 3 is 2.37 bits per heavy atom. The third kappa shape index (κ3) is 5.94. The van der Waals surface area contributed by atoms with Gasteiger partial charge in [0.25, 0.3) is 0 Å². The van der Waals surface area contributed by atoms with E-state index >= 15 is 0 Å². The number of carbonyl (C=O) groups excluding carboxylic acids is 1. The Balaban J connectivity index is 1.80. The molecule has 4 rings (SSSR count). The van der Waals surface area contributed by atoms with Crippen LogP contribution in [0.5, 0.6) is 0 Å². The number of ether oxygens (including phenoxy) is 1. The van der Waals surface area contributed by atoms with Crippen LogP contribution < -0.4 is 0 Å². The maximum atomic E-state index is 13.3. The summed E-state index contributed by atoms with van der Waals surface area (Å²) in [6.07, 6.45) is -4.59. The smallest absolute Gasteiger partial charge is 0.449 e. The molecular weight excluding hydrogens is 523 g/mol. The molecule has 0 spiro atoms. The second kappa shape index (κ2) is 10.7. The van der Waals surface area contributed by atoms with Gasteiger partial charge in [-0.2, -0.15) is 13.2 Å². The quantitative estimate of drug-likeness (QED) is 0.215. The lowest BCUT2D eigenvalue weighted by atomic mass is 9.97. The fraction of sp³-hybridized carbons (Fsp3) is 0.222. The van der Waals surface area contributed by atoms with Crippen LogP contribution in [0, 0.1) is 0 Å². The van der Waals surface area contributed by atoms with Crippen molar-refractivity contribution in [3.05, 3.63) is 106 Å². The van der Waals surface area contributed by atoms with Gasteiger partial charge in [0.2, 0.25) is 5.76 Å². The largest absolute Gasteiger partial charge is 0.465 e. The Morgan fingerprint density at radius 1 is 0.971 bits per heavy atom. The van der Waals surface area contributed by atoms with E-state index < -0.39 is 23.9 Å². The molecule has 0 saturated heterocycles. The van der Waals surface area contributed by atoms with Crippen LogP contribution in [0.25, 0.3) is 10.8 Å². The van der Waals surface area contributed by atoms with Crippen molar-refractivity contribution >= 4 is 32.7 Å². The van der Waals surface area contributed by atoms with Gasteiger partial charge in [0.15, 0.2) is 0 Å². The molecule has 0 bridgehead atoms. The molecule has 0 N–H and O–H groups in total. The van der Waals surface area contributed by atoms with E-state index in [9.17, 15) is 18.0 Å². The molecule has 182 valence electrons. The van der Waals surface area contributed by atoms with Crippen molar-refractivity contribution in [2.45, 2.75) is 32.2 Å². The third-order valence-electron chi connectivity index (χ3n) is 5.59. The second-order valence-corrected chi connectivity index (χ2v) is 8.93. The van der Waals surface area contributed by atoms with Gasteiger partial charge < -0.3 is 9.15 Å². The highest BCUT2D eigenvalue weighted by Gasteiger charge is 2.36. The fourth-order valence-corrected chi connectivity index (χ4v) is 4.33. The van der Waals surface area contributed by atoms with Gasteiger partial charge in [-0.3, -0.25) is 4.90 Å². The van der Waals surface area contributed by atoms with Crippen molar-refractivity contribution in [3.63, 3.8) is 0 Å². The van der Waals surface area contributed by atoms with Crippen LogP contribution in [0.4, 0.5) is 13.2 Å². The summed E-state index contributed by atoms with van der Waals surface area (Å²) in [5.74, 6) is -1.46. The predicted molar refractivity (Wildman–Crippen MR) is 130 cm³/mol. The van der Waals surface area contributed by atoms with Gasteiger partial charge in [-0.15, -0.1) is 0 Å². The van der Waals surface area contributed by atoms with Crippen molar-refractivity contribution in [1.82, 2.24) is 4.90 Å². The lowest BCUT2D eigenvalue weighted by Gasteiger charge is -2.30. The van der Waals surface area contributed by atoms with Gasteiger partial charge in [0.05, 0.1) is 13.2 Å². The molecule has 0 fully saturated rings. The molecule has 1 atom stereocenters. The van der Waals surface area contributed by atoms with Gasteiger partial charge in [-0.05, 0) is 53.1 Å². The molecule has 0 aliphatic heterocycles. The molecule has 1 heterocycles. The van der Waals surface area contributed by atoms with Gasteiger partial charge in [-0.1, -0.05) is 70.5 Å². The normalized spacial score (nSPS) is 12.7. The van der Waals surface area contributed by atoms with Crippen LogP contribution in [-0.2, 0) is 28.8 Å². The maximum Gasteiger partial charge on any atom is 0.449 e. The Morgan fingerprint density at radius 2 is 1.69 bits per heavy atom. The highest BCUT2D eigenvalue weighted by atomic mass is 79.9. The third-order valence-corrected chi connectivity index (χ3v) is 6.12. The number of fused-ring (bicyclic) bond motifs is 1. The topological polar surface area (TPSA) is 42.7 Å². The molecule has 8 heteroatoms. The van der Waals surface area contributed by atoms with Gasteiger partial charge in [-0.25, -0.2) is 4.79 Å². The Hall–Kier alpha value is -3.10. The molecule has 0 aliphatic rings. The maximum absolute atomic E-state index is 13.3. The van der Waals surface area contributed by atoms with E-state index in [1.54, 1.807) is 11.8 Å². The molecule has 4 nitrogen and oxygen atoms in total. The number of hydrogen-bond donors (Lipinski definition) is 0. The Labute approximate surface area is 209 Å². The van der Waals surface area contributed by atoms with Gasteiger partial charge >= 0.3 is 12.1 Å². The summed E-state index contributed by atoms with van der Waals surface area (Å²) >= 11 is 3.41. The van der Waals surface area contributed by atoms with E-state index in [4.69, 9.17) is 9.15 Å². The van der Waals surface area contributed by atoms with Crippen molar-refractivity contribution in [2.24, 2.45) is 0 Å². The van der Waals surface area contributed by atoms with Gasteiger partial charge in [0.1, 0.15) is 11.8 Å². The van der Waals surface area contributed by atoms with Crippen LogP contribution >= 0.6 is 15.9 Å². The average Bonchev–Trinajstić information content (AvgIpc) is 3.30. The van der Waals surface area contributed by atoms with Crippen molar-refractivity contribution in [1.29, 1.82) is 0 Å². The van der Waals surface area contributed by atoms with E-state index in [2.05, 4.69) is 15.9 Å². The highest BCUT2D eigenvalue weighted by Crippen LogP contribution is 2.34. The number of esters is 1. The monoisotopic (exact) mass is 545 g/mol. The predicted octanol–water partition coefficient (Wildman–Crippen LogP) is 7.52. The first kappa shape index (κ1) is 25.0. The Kier molecular flexibility index (Phi) is 7.62. The molecule has 1 aromatic heterocycles. The molecule has 3 aromatic carbocycles. The van der Waals surface area contributed by atoms with E-state index in [0.29, 0.717) is 5.56 Å². The highest BCUT2D eigenvalue weighted by molar-refractivity contribution is 9.10. The van der Waals surface area contributed by atoms with E-state index in [1.807, 2.05) is 66.7 Å². The number of rotatable bonds is 8. The average molecular weight is 546 g/mol. The molecule has 0 aliphatic carbocycles. The number of alkyl halides is 3. The zero-order chi connectivity index (χ0) is 25.0. The summed E-state index contributed by atoms with van der Waals surface area (Å²) in [7, 11) is 0. The summed E-state index contributed by atoms with van der Waals surface area (Å²) in [5.41, 5.74) is 1.59. The van der Waals surface area contributed by atoms with Crippen LogP contribution in [0.3, 0.4) is 0 Å². The number of benzene rings is 3. The van der Waals surface area contributed by atoms with Gasteiger partial charge in [0, 0.05) is 11.0 Å². The van der Waals surface area contributed by atoms with Crippen LogP contribution in [0.1, 0.15) is 35.6 Å². The first-order valence-corrected chi connectivity index (χ1v) is 11.8. The fourth-order valence-electron chi connectivity index (χ4n) is 4.06. The van der Waals surface area contributed by atoms with Crippen molar-refractivity contribution in [2.75, 3.05) is 6.61 Å². The molecule has 35 heavy (non-hydrogen) atoms. The van der Waals surface area contributed by atoms with Crippen molar-refractivity contribution < 1.29 is 27.1 Å². The molecule has 1 unspecified atom stereocenters. The summed E-state index contributed by atoms with van der Waals surface area (Å²) in [6, 6.07) is 22.2. The van der Waals surface area contributed by atoms with Crippen LogP contribution in [0.15, 0.2) is 87.8 Å². The van der Waals surface area contributed by atoms with Crippen molar-refractivity contribution in [3.8, 4) is 0 Å². The van der Waals surface area contributed by atoms with Crippen LogP contribution in [-0.4, -0.2) is 17.5 Å². The Bertz CT molecular complexity index is 1300. The number of halogens is 4. The molecular formula is C27H23BrF3NO3.